The highest BCUT2D eigenvalue weighted by Gasteiger charge is 2.43. The SMILES string of the molecule is CCC1CCC(N(C(=O)C2Cc3ccccc3C(=O)O2)C2CC2)CC1. The van der Waals surface area contributed by atoms with Crippen LogP contribution in [-0.4, -0.2) is 35.0 Å². The summed E-state index contributed by atoms with van der Waals surface area (Å²) in [4.78, 5) is 27.6. The third-order valence-corrected chi connectivity index (χ3v) is 6.15. The summed E-state index contributed by atoms with van der Waals surface area (Å²) in [6.07, 6.45) is 7.90. The van der Waals surface area contributed by atoms with Crippen molar-refractivity contribution >= 4 is 11.9 Å². The van der Waals surface area contributed by atoms with Gasteiger partial charge in [-0.25, -0.2) is 4.79 Å². The number of amides is 1. The van der Waals surface area contributed by atoms with E-state index in [0.29, 0.717) is 24.1 Å². The molecular weight excluding hydrogens is 314 g/mol. The summed E-state index contributed by atoms with van der Waals surface area (Å²) in [5.41, 5.74) is 1.54. The quantitative estimate of drug-likeness (QED) is 0.784. The van der Waals surface area contributed by atoms with Crippen LogP contribution in [0, 0.1) is 5.92 Å². The van der Waals surface area contributed by atoms with Gasteiger partial charge in [-0.15, -0.1) is 0 Å². The minimum absolute atomic E-state index is 0.0327. The predicted octanol–water partition coefficient (Wildman–Crippen LogP) is 3.73. The molecule has 0 bridgehead atoms. The van der Waals surface area contributed by atoms with Crippen LogP contribution in [0.1, 0.15) is 67.8 Å². The number of hydrogen-bond acceptors (Lipinski definition) is 3. The van der Waals surface area contributed by atoms with E-state index >= 15 is 0 Å². The Hall–Kier alpha value is -1.84. The number of fused-ring (bicyclic) bond motifs is 1. The first-order chi connectivity index (χ1) is 12.2. The average molecular weight is 341 g/mol. The second kappa shape index (κ2) is 6.81. The Morgan fingerprint density at radius 3 is 2.36 bits per heavy atom. The maximum atomic E-state index is 13.2. The van der Waals surface area contributed by atoms with Gasteiger partial charge in [0.15, 0.2) is 6.10 Å². The lowest BCUT2D eigenvalue weighted by Crippen LogP contribution is -2.50. The number of hydrogen-bond donors (Lipinski definition) is 0. The van der Waals surface area contributed by atoms with Crippen LogP contribution in [0.2, 0.25) is 0 Å². The Bertz CT molecular complexity index is 659. The molecular formula is C21H27NO3. The largest absolute Gasteiger partial charge is 0.448 e. The van der Waals surface area contributed by atoms with Gasteiger partial charge in [-0.05, 0) is 56.1 Å². The molecule has 0 N–H and O–H groups in total. The molecule has 2 aliphatic carbocycles. The van der Waals surface area contributed by atoms with Crippen LogP contribution in [0.4, 0.5) is 0 Å². The molecule has 1 heterocycles. The number of carbonyl (C=O) groups is 2. The number of rotatable bonds is 4. The van der Waals surface area contributed by atoms with Crippen molar-refractivity contribution in [2.75, 3.05) is 0 Å². The van der Waals surface area contributed by atoms with E-state index < -0.39 is 6.10 Å². The molecule has 134 valence electrons. The van der Waals surface area contributed by atoms with Gasteiger partial charge in [0.05, 0.1) is 5.56 Å². The molecule has 2 fully saturated rings. The van der Waals surface area contributed by atoms with Crippen molar-refractivity contribution in [3.8, 4) is 0 Å². The van der Waals surface area contributed by atoms with Crippen LogP contribution < -0.4 is 0 Å². The number of ether oxygens (including phenoxy) is 1. The molecule has 4 rings (SSSR count). The van der Waals surface area contributed by atoms with E-state index in [2.05, 4.69) is 11.8 Å². The Morgan fingerprint density at radius 2 is 1.72 bits per heavy atom. The summed E-state index contributed by atoms with van der Waals surface area (Å²) in [6.45, 7) is 2.26. The molecule has 1 atom stereocenters. The zero-order valence-corrected chi connectivity index (χ0v) is 14.9. The molecule has 0 aromatic heterocycles. The van der Waals surface area contributed by atoms with Crippen LogP contribution in [0.15, 0.2) is 24.3 Å². The maximum Gasteiger partial charge on any atom is 0.339 e. The van der Waals surface area contributed by atoms with E-state index in [9.17, 15) is 9.59 Å². The van der Waals surface area contributed by atoms with Crippen LogP contribution >= 0.6 is 0 Å². The van der Waals surface area contributed by atoms with Gasteiger partial charge < -0.3 is 9.64 Å². The molecule has 0 spiro atoms. The highest BCUT2D eigenvalue weighted by Crippen LogP contribution is 2.37. The highest BCUT2D eigenvalue weighted by molar-refractivity contribution is 5.96. The lowest BCUT2D eigenvalue weighted by molar-refractivity contribution is -0.145. The van der Waals surface area contributed by atoms with E-state index in [1.807, 2.05) is 18.2 Å². The molecule has 0 radical (unpaired) electrons. The fourth-order valence-corrected chi connectivity index (χ4v) is 4.48. The topological polar surface area (TPSA) is 46.6 Å². The third kappa shape index (κ3) is 3.31. The molecule has 1 unspecified atom stereocenters. The van der Waals surface area contributed by atoms with Gasteiger partial charge in [-0.3, -0.25) is 4.79 Å². The van der Waals surface area contributed by atoms with Gasteiger partial charge >= 0.3 is 5.97 Å². The maximum absolute atomic E-state index is 13.2. The van der Waals surface area contributed by atoms with Gasteiger partial charge in [-0.1, -0.05) is 31.5 Å². The van der Waals surface area contributed by atoms with Crippen LogP contribution in [0.5, 0.6) is 0 Å². The summed E-state index contributed by atoms with van der Waals surface area (Å²) in [7, 11) is 0. The lowest BCUT2D eigenvalue weighted by atomic mass is 9.83. The first-order valence-electron chi connectivity index (χ1n) is 9.78. The minimum Gasteiger partial charge on any atom is -0.448 e. The third-order valence-electron chi connectivity index (χ3n) is 6.15. The fraction of sp³-hybridized carbons (Fsp3) is 0.619. The first kappa shape index (κ1) is 16.6. The lowest BCUT2D eigenvalue weighted by Gasteiger charge is -2.39. The van der Waals surface area contributed by atoms with E-state index in [1.165, 1.54) is 19.3 Å². The zero-order chi connectivity index (χ0) is 17.4. The van der Waals surface area contributed by atoms with Crippen LogP contribution in [0.3, 0.4) is 0 Å². The molecule has 2 saturated carbocycles. The van der Waals surface area contributed by atoms with Crippen LogP contribution in [0.25, 0.3) is 0 Å². The number of nitrogens with zero attached hydrogens (tertiary/aromatic N) is 1. The summed E-state index contributed by atoms with van der Waals surface area (Å²) >= 11 is 0. The van der Waals surface area contributed by atoms with E-state index in [-0.39, 0.29) is 11.9 Å². The van der Waals surface area contributed by atoms with Crippen molar-refractivity contribution in [2.45, 2.75) is 76.5 Å². The van der Waals surface area contributed by atoms with Crippen molar-refractivity contribution in [1.82, 2.24) is 4.90 Å². The standard InChI is InChI=1S/C21H27NO3/c1-2-14-7-9-16(10-8-14)22(17-11-12-17)20(23)19-13-15-5-3-4-6-18(15)21(24)25-19/h3-6,14,16-17,19H,2,7-13H2,1H3. The smallest absolute Gasteiger partial charge is 0.339 e. The van der Waals surface area contributed by atoms with E-state index in [4.69, 9.17) is 4.74 Å². The van der Waals surface area contributed by atoms with Crippen molar-refractivity contribution < 1.29 is 14.3 Å². The number of cyclic esters (lactones) is 1. The van der Waals surface area contributed by atoms with Gasteiger partial charge in [0, 0.05) is 18.5 Å². The van der Waals surface area contributed by atoms with E-state index in [1.54, 1.807) is 6.07 Å². The Balaban J connectivity index is 1.50. The normalized spacial score (nSPS) is 28.8. The number of esters is 1. The Kier molecular flexibility index (Phi) is 4.53. The van der Waals surface area contributed by atoms with Gasteiger partial charge in [0.2, 0.25) is 0 Å². The fourth-order valence-electron chi connectivity index (χ4n) is 4.48. The Labute approximate surface area is 149 Å². The average Bonchev–Trinajstić information content (AvgIpc) is 3.47. The van der Waals surface area contributed by atoms with Gasteiger partial charge in [0.25, 0.3) is 5.91 Å². The monoisotopic (exact) mass is 341 g/mol. The van der Waals surface area contributed by atoms with Gasteiger partial charge in [-0.2, -0.15) is 0 Å². The first-order valence-corrected chi connectivity index (χ1v) is 9.78. The molecule has 4 heteroatoms. The number of benzene rings is 1. The molecule has 1 aromatic carbocycles. The summed E-state index contributed by atoms with van der Waals surface area (Å²) in [5, 5.41) is 0. The predicted molar refractivity (Wildman–Crippen MR) is 95.3 cm³/mol. The molecule has 1 aliphatic heterocycles. The van der Waals surface area contributed by atoms with E-state index in [0.717, 1.165) is 37.2 Å². The van der Waals surface area contributed by atoms with Crippen molar-refractivity contribution in [2.24, 2.45) is 5.92 Å². The second-order valence-corrected chi connectivity index (χ2v) is 7.81. The molecule has 1 amide bonds. The van der Waals surface area contributed by atoms with Crippen molar-refractivity contribution in [3.05, 3.63) is 35.4 Å². The summed E-state index contributed by atoms with van der Waals surface area (Å²) in [5.74, 6) is 0.489. The summed E-state index contributed by atoms with van der Waals surface area (Å²) < 4.78 is 5.54. The molecule has 3 aliphatic rings. The summed E-state index contributed by atoms with van der Waals surface area (Å²) in [6, 6.07) is 8.17. The van der Waals surface area contributed by atoms with Gasteiger partial charge in [0.1, 0.15) is 0 Å². The van der Waals surface area contributed by atoms with Crippen molar-refractivity contribution in [1.29, 1.82) is 0 Å². The number of carbonyl (C=O) groups excluding carboxylic acids is 2. The molecule has 1 aromatic rings. The van der Waals surface area contributed by atoms with Crippen LogP contribution in [-0.2, 0) is 16.0 Å². The highest BCUT2D eigenvalue weighted by atomic mass is 16.5. The Morgan fingerprint density at radius 1 is 1.08 bits per heavy atom. The minimum atomic E-state index is -0.646. The van der Waals surface area contributed by atoms with Crippen molar-refractivity contribution in [3.63, 3.8) is 0 Å². The second-order valence-electron chi connectivity index (χ2n) is 7.81. The molecule has 4 nitrogen and oxygen atoms in total. The molecule has 0 saturated heterocycles. The molecule has 25 heavy (non-hydrogen) atoms. The zero-order valence-electron chi connectivity index (χ0n) is 14.9.